The quantitative estimate of drug-likeness (QED) is 0.616. The number of rotatable bonds is 6. The second-order valence-corrected chi connectivity index (χ2v) is 7.41. The van der Waals surface area contributed by atoms with Crippen LogP contribution in [-0.2, 0) is 10.0 Å². The summed E-state index contributed by atoms with van der Waals surface area (Å²) in [5.41, 5.74) is -0.212. The molecule has 2 unspecified atom stereocenters. The molecular formula is C10H15N3O4S2. The smallest absolute Gasteiger partial charge is 0.304 e. The van der Waals surface area contributed by atoms with Crippen LogP contribution in [0, 0.1) is 16.0 Å². The van der Waals surface area contributed by atoms with Crippen molar-refractivity contribution in [3.63, 3.8) is 0 Å². The summed E-state index contributed by atoms with van der Waals surface area (Å²) in [6, 6.07) is 1.07. The fourth-order valence-corrected chi connectivity index (χ4v) is 4.52. The number of thiophene rings is 1. The van der Waals surface area contributed by atoms with Crippen LogP contribution >= 0.6 is 11.3 Å². The van der Waals surface area contributed by atoms with Crippen LogP contribution in [0.2, 0.25) is 0 Å². The molecule has 19 heavy (non-hydrogen) atoms. The highest BCUT2D eigenvalue weighted by atomic mass is 32.2. The van der Waals surface area contributed by atoms with E-state index in [9.17, 15) is 18.5 Å². The standard InChI is InChI=1S/C10H15N3O4S2/c1-3-6-4-7(6)12-19(16,17)9-5-8(13(14)15)10(11-2)18-9/h5-7,11-12H,3-4H2,1-2H3. The minimum absolute atomic E-state index is 0.0229. The molecule has 106 valence electrons. The van der Waals surface area contributed by atoms with Gasteiger partial charge in [-0.3, -0.25) is 10.1 Å². The van der Waals surface area contributed by atoms with Crippen molar-refractivity contribution < 1.29 is 13.3 Å². The van der Waals surface area contributed by atoms with E-state index >= 15 is 0 Å². The van der Waals surface area contributed by atoms with Crippen molar-refractivity contribution in [3.8, 4) is 0 Å². The summed E-state index contributed by atoms with van der Waals surface area (Å²) in [4.78, 5) is 10.2. The first-order valence-electron chi connectivity index (χ1n) is 5.87. The summed E-state index contributed by atoms with van der Waals surface area (Å²) in [6.07, 6.45) is 1.77. The van der Waals surface area contributed by atoms with Crippen molar-refractivity contribution in [1.82, 2.24) is 4.72 Å². The second-order valence-electron chi connectivity index (χ2n) is 4.42. The van der Waals surface area contributed by atoms with E-state index < -0.39 is 14.9 Å². The molecule has 0 radical (unpaired) electrons. The maximum atomic E-state index is 12.1. The summed E-state index contributed by atoms with van der Waals surface area (Å²) in [5.74, 6) is 0.383. The highest BCUT2D eigenvalue weighted by molar-refractivity contribution is 7.91. The number of nitro groups is 1. The van der Waals surface area contributed by atoms with Crippen LogP contribution < -0.4 is 10.0 Å². The normalized spacial score (nSPS) is 22.2. The van der Waals surface area contributed by atoms with Gasteiger partial charge in [0.15, 0.2) is 5.00 Å². The fourth-order valence-electron chi connectivity index (χ4n) is 1.91. The molecule has 0 aliphatic heterocycles. The maximum Gasteiger partial charge on any atom is 0.304 e. The van der Waals surface area contributed by atoms with Crippen molar-refractivity contribution in [2.24, 2.45) is 5.92 Å². The predicted molar refractivity (Wildman–Crippen MR) is 73.0 cm³/mol. The molecule has 1 aromatic rings. The lowest BCUT2D eigenvalue weighted by Crippen LogP contribution is -2.26. The Hall–Kier alpha value is -1.19. The van der Waals surface area contributed by atoms with E-state index in [2.05, 4.69) is 10.0 Å². The molecule has 7 nitrogen and oxygen atoms in total. The first-order valence-corrected chi connectivity index (χ1v) is 8.17. The molecule has 2 N–H and O–H groups in total. The largest absolute Gasteiger partial charge is 0.374 e. The van der Waals surface area contributed by atoms with E-state index in [0.717, 1.165) is 30.2 Å². The van der Waals surface area contributed by atoms with Crippen molar-refractivity contribution >= 4 is 32.0 Å². The zero-order valence-electron chi connectivity index (χ0n) is 10.5. The van der Waals surface area contributed by atoms with E-state index in [1.807, 2.05) is 6.92 Å². The molecule has 0 bridgehead atoms. The number of nitrogens with zero attached hydrogens (tertiary/aromatic N) is 1. The van der Waals surface area contributed by atoms with Crippen LogP contribution in [0.5, 0.6) is 0 Å². The zero-order chi connectivity index (χ0) is 14.2. The van der Waals surface area contributed by atoms with Crippen LogP contribution in [0.1, 0.15) is 19.8 Å². The van der Waals surface area contributed by atoms with Crippen molar-refractivity contribution in [2.75, 3.05) is 12.4 Å². The minimum Gasteiger partial charge on any atom is -0.374 e. The highest BCUT2D eigenvalue weighted by Crippen LogP contribution is 2.39. The molecule has 1 saturated carbocycles. The van der Waals surface area contributed by atoms with Crippen LogP contribution in [0.4, 0.5) is 10.7 Å². The van der Waals surface area contributed by atoms with Gasteiger partial charge in [-0.2, -0.15) is 0 Å². The predicted octanol–water partition coefficient (Wildman–Crippen LogP) is 1.77. The van der Waals surface area contributed by atoms with Gasteiger partial charge >= 0.3 is 5.69 Å². The van der Waals surface area contributed by atoms with Gasteiger partial charge in [0.05, 0.1) is 4.92 Å². The van der Waals surface area contributed by atoms with E-state index in [0.29, 0.717) is 5.92 Å². The molecule has 9 heteroatoms. The lowest BCUT2D eigenvalue weighted by Gasteiger charge is -2.02. The molecule has 1 aliphatic carbocycles. The Labute approximate surface area is 115 Å². The van der Waals surface area contributed by atoms with Gasteiger partial charge in [0.1, 0.15) is 4.21 Å². The van der Waals surface area contributed by atoms with Crippen LogP contribution in [-0.4, -0.2) is 26.4 Å². The van der Waals surface area contributed by atoms with E-state index in [4.69, 9.17) is 0 Å². The molecule has 0 aromatic carbocycles. The average Bonchev–Trinajstić information content (AvgIpc) is 2.92. The first-order chi connectivity index (χ1) is 8.89. The van der Waals surface area contributed by atoms with E-state index in [1.165, 1.54) is 7.05 Å². The zero-order valence-corrected chi connectivity index (χ0v) is 12.2. The maximum absolute atomic E-state index is 12.1. The molecule has 0 spiro atoms. The Morgan fingerprint density at radius 3 is 2.68 bits per heavy atom. The third-order valence-corrected chi connectivity index (χ3v) is 6.24. The fraction of sp³-hybridized carbons (Fsp3) is 0.600. The average molecular weight is 305 g/mol. The van der Waals surface area contributed by atoms with Gasteiger partial charge in [-0.15, -0.1) is 0 Å². The summed E-state index contributed by atoms with van der Waals surface area (Å²) in [5, 5.41) is 13.7. The van der Waals surface area contributed by atoms with Crippen molar-refractivity contribution in [2.45, 2.75) is 30.0 Å². The Bertz CT molecular complexity index is 596. The molecule has 0 amide bonds. The molecule has 2 atom stereocenters. The second kappa shape index (κ2) is 5.06. The number of sulfonamides is 1. The van der Waals surface area contributed by atoms with Crippen molar-refractivity contribution in [1.29, 1.82) is 0 Å². The number of anilines is 1. The SMILES string of the molecule is CCC1CC1NS(=O)(=O)c1cc([N+](=O)[O-])c(NC)s1. The van der Waals surface area contributed by atoms with Gasteiger partial charge in [-0.25, -0.2) is 13.1 Å². The first kappa shape index (κ1) is 14.2. The van der Waals surface area contributed by atoms with Gasteiger partial charge < -0.3 is 5.32 Å². The summed E-state index contributed by atoms with van der Waals surface area (Å²) >= 11 is 0.870. The number of hydrogen-bond acceptors (Lipinski definition) is 6. The van der Waals surface area contributed by atoms with E-state index in [-0.39, 0.29) is 20.9 Å². The monoisotopic (exact) mass is 305 g/mol. The van der Waals surface area contributed by atoms with Gasteiger partial charge in [0.2, 0.25) is 0 Å². The summed E-state index contributed by atoms with van der Waals surface area (Å²) in [6.45, 7) is 2.01. The van der Waals surface area contributed by atoms with Crippen LogP contribution in [0.15, 0.2) is 10.3 Å². The number of nitrogens with one attached hydrogen (secondary N) is 2. The Morgan fingerprint density at radius 1 is 1.58 bits per heavy atom. The Kier molecular flexibility index (Phi) is 3.79. The van der Waals surface area contributed by atoms with Gasteiger partial charge in [-0.1, -0.05) is 24.7 Å². The minimum atomic E-state index is -3.66. The molecule has 1 heterocycles. The summed E-state index contributed by atoms with van der Waals surface area (Å²) < 4.78 is 26.8. The molecule has 1 aliphatic rings. The van der Waals surface area contributed by atoms with Gasteiger partial charge in [0, 0.05) is 19.2 Å². The van der Waals surface area contributed by atoms with Crippen molar-refractivity contribution in [3.05, 3.63) is 16.2 Å². The van der Waals surface area contributed by atoms with Crippen LogP contribution in [0.3, 0.4) is 0 Å². The highest BCUT2D eigenvalue weighted by Gasteiger charge is 2.39. The molecule has 0 saturated heterocycles. The Balaban J connectivity index is 2.23. The van der Waals surface area contributed by atoms with E-state index in [1.54, 1.807) is 0 Å². The lowest BCUT2D eigenvalue weighted by molar-refractivity contribution is -0.383. The molecule has 1 aromatic heterocycles. The van der Waals surface area contributed by atoms with Crippen LogP contribution in [0.25, 0.3) is 0 Å². The molecule has 2 rings (SSSR count). The Morgan fingerprint density at radius 2 is 2.26 bits per heavy atom. The van der Waals surface area contributed by atoms with Gasteiger partial charge in [0.25, 0.3) is 10.0 Å². The summed E-state index contributed by atoms with van der Waals surface area (Å²) in [7, 11) is -2.14. The third kappa shape index (κ3) is 2.88. The third-order valence-electron chi connectivity index (χ3n) is 3.13. The molecular weight excluding hydrogens is 290 g/mol. The molecule has 1 fully saturated rings. The lowest BCUT2D eigenvalue weighted by atomic mass is 10.3. The van der Waals surface area contributed by atoms with Gasteiger partial charge in [-0.05, 0) is 12.3 Å². The topological polar surface area (TPSA) is 101 Å². The number of hydrogen-bond donors (Lipinski definition) is 2.